The van der Waals surface area contributed by atoms with Crippen LogP contribution in [0.2, 0.25) is 5.02 Å². The molecule has 0 aliphatic carbocycles. The van der Waals surface area contributed by atoms with Gasteiger partial charge in [0.2, 0.25) is 5.91 Å². The predicted octanol–water partition coefficient (Wildman–Crippen LogP) is 1.68. The van der Waals surface area contributed by atoms with Gasteiger partial charge in [-0.25, -0.2) is 0 Å². The summed E-state index contributed by atoms with van der Waals surface area (Å²) in [6, 6.07) is 5.20. The van der Waals surface area contributed by atoms with E-state index in [1.807, 2.05) is 0 Å². The first-order chi connectivity index (χ1) is 9.10. The molecule has 0 saturated heterocycles. The van der Waals surface area contributed by atoms with Crippen molar-refractivity contribution in [3.05, 3.63) is 23.2 Å². The van der Waals surface area contributed by atoms with E-state index >= 15 is 0 Å². The third-order valence-corrected chi connectivity index (χ3v) is 3.98. The molecular formula is C12H12ClNO4S. The number of aliphatic hydroxyl groups excluding tert-OH is 1. The molecule has 5 nitrogen and oxygen atoms in total. The maximum atomic E-state index is 11.8. The Hall–Kier alpha value is -1.24. The monoisotopic (exact) mass is 301 g/mol. The van der Waals surface area contributed by atoms with Crippen LogP contribution in [0.4, 0.5) is 5.69 Å². The number of hydrogen-bond donors (Lipinski definition) is 2. The summed E-state index contributed by atoms with van der Waals surface area (Å²) in [5.74, 6) is -0.750. The lowest BCUT2D eigenvalue weighted by Crippen LogP contribution is -2.31. The average Bonchev–Trinajstić information content (AvgIpc) is 2.37. The molecule has 1 aromatic carbocycles. The van der Waals surface area contributed by atoms with Crippen molar-refractivity contribution in [2.45, 2.75) is 16.6 Å². The van der Waals surface area contributed by atoms with Gasteiger partial charge in [0.05, 0.1) is 24.0 Å². The van der Waals surface area contributed by atoms with Gasteiger partial charge in [-0.1, -0.05) is 11.6 Å². The normalized spacial score (nSPS) is 17.6. The molecule has 1 aromatic rings. The first-order valence-electron chi connectivity index (χ1n) is 5.63. The number of rotatable bonds is 4. The molecule has 1 atom stereocenters. The molecule has 1 heterocycles. The smallest absolute Gasteiger partial charge is 0.307 e. The second-order valence-electron chi connectivity index (χ2n) is 3.88. The van der Waals surface area contributed by atoms with E-state index in [9.17, 15) is 9.59 Å². The molecule has 2 rings (SSSR count). The lowest BCUT2D eigenvalue weighted by atomic mass is 10.2. The highest BCUT2D eigenvalue weighted by Gasteiger charge is 2.29. The largest absolute Gasteiger partial charge is 0.463 e. The van der Waals surface area contributed by atoms with Crippen molar-refractivity contribution in [1.29, 1.82) is 0 Å². The summed E-state index contributed by atoms with van der Waals surface area (Å²) in [4.78, 5) is 24.1. The minimum Gasteiger partial charge on any atom is -0.463 e. The summed E-state index contributed by atoms with van der Waals surface area (Å²) in [6.45, 7) is -0.277. The fourth-order valence-electron chi connectivity index (χ4n) is 1.63. The molecule has 2 N–H and O–H groups in total. The Bertz CT molecular complexity index is 509. The number of esters is 1. The minimum atomic E-state index is -0.528. The van der Waals surface area contributed by atoms with Gasteiger partial charge in [0, 0.05) is 9.92 Å². The lowest BCUT2D eigenvalue weighted by Gasteiger charge is -2.23. The number of aliphatic hydroxyl groups is 1. The van der Waals surface area contributed by atoms with Gasteiger partial charge in [-0.3, -0.25) is 9.59 Å². The Labute approximate surface area is 119 Å². The highest BCUT2D eigenvalue weighted by Crippen LogP contribution is 2.38. The molecule has 0 spiro atoms. The van der Waals surface area contributed by atoms with E-state index in [1.165, 1.54) is 11.8 Å². The fourth-order valence-corrected chi connectivity index (χ4v) is 2.87. The third-order valence-electron chi connectivity index (χ3n) is 2.47. The van der Waals surface area contributed by atoms with E-state index in [0.29, 0.717) is 10.7 Å². The third kappa shape index (κ3) is 3.62. The molecule has 102 valence electrons. The van der Waals surface area contributed by atoms with Crippen molar-refractivity contribution < 1.29 is 19.4 Å². The zero-order valence-electron chi connectivity index (χ0n) is 9.89. The highest BCUT2D eigenvalue weighted by atomic mass is 35.5. The molecule has 0 unspecified atom stereocenters. The molecular weight excluding hydrogens is 290 g/mol. The van der Waals surface area contributed by atoms with Crippen LogP contribution in [0.25, 0.3) is 0 Å². The minimum absolute atomic E-state index is 0.0292. The molecule has 1 aliphatic rings. The maximum Gasteiger partial charge on any atom is 0.307 e. The number of carbonyl (C=O) groups is 2. The summed E-state index contributed by atoms with van der Waals surface area (Å²) in [5.41, 5.74) is 0.655. The van der Waals surface area contributed by atoms with Crippen molar-refractivity contribution >= 4 is 40.9 Å². The van der Waals surface area contributed by atoms with E-state index in [-0.39, 0.29) is 25.5 Å². The van der Waals surface area contributed by atoms with Crippen LogP contribution in [-0.4, -0.2) is 35.4 Å². The van der Waals surface area contributed by atoms with Crippen molar-refractivity contribution in [3.63, 3.8) is 0 Å². The number of thioether (sulfide) groups is 1. The lowest BCUT2D eigenvalue weighted by molar-refractivity contribution is -0.145. The number of amides is 1. The Morgan fingerprint density at radius 1 is 1.53 bits per heavy atom. The number of benzene rings is 1. The number of halogens is 1. The second kappa shape index (κ2) is 6.27. The first-order valence-corrected chi connectivity index (χ1v) is 6.89. The van der Waals surface area contributed by atoms with Gasteiger partial charge < -0.3 is 15.2 Å². The quantitative estimate of drug-likeness (QED) is 0.828. The van der Waals surface area contributed by atoms with Crippen molar-refractivity contribution in [2.75, 3.05) is 18.5 Å². The number of carbonyl (C=O) groups excluding carboxylic acids is 2. The van der Waals surface area contributed by atoms with E-state index in [4.69, 9.17) is 21.4 Å². The fraction of sp³-hybridized carbons (Fsp3) is 0.333. The Balaban J connectivity index is 2.03. The first kappa shape index (κ1) is 14.2. The van der Waals surface area contributed by atoms with Crippen LogP contribution in [0.15, 0.2) is 23.1 Å². The van der Waals surface area contributed by atoms with Gasteiger partial charge >= 0.3 is 5.97 Å². The molecule has 0 fully saturated rings. The zero-order valence-corrected chi connectivity index (χ0v) is 11.5. The summed E-state index contributed by atoms with van der Waals surface area (Å²) >= 11 is 7.15. The van der Waals surface area contributed by atoms with Crippen molar-refractivity contribution in [2.24, 2.45) is 0 Å². The van der Waals surface area contributed by atoms with Gasteiger partial charge in [0.25, 0.3) is 0 Å². The molecule has 7 heteroatoms. The SMILES string of the molecule is O=C(C[C@H]1Sc2ccc(Cl)cc2NC1=O)OCCO. The molecule has 19 heavy (non-hydrogen) atoms. The Kier molecular flexibility index (Phi) is 4.68. The van der Waals surface area contributed by atoms with Gasteiger partial charge in [-0.15, -0.1) is 11.8 Å². The number of ether oxygens (including phenoxy) is 1. The van der Waals surface area contributed by atoms with Crippen LogP contribution in [0.1, 0.15) is 6.42 Å². The number of anilines is 1. The number of hydrogen-bond acceptors (Lipinski definition) is 5. The zero-order chi connectivity index (χ0) is 13.8. The summed E-state index contributed by atoms with van der Waals surface area (Å²) in [7, 11) is 0. The molecule has 1 aliphatic heterocycles. The molecule has 1 amide bonds. The Morgan fingerprint density at radius 3 is 3.05 bits per heavy atom. The average molecular weight is 302 g/mol. The molecule has 0 bridgehead atoms. The Morgan fingerprint density at radius 2 is 2.32 bits per heavy atom. The topological polar surface area (TPSA) is 75.6 Å². The number of nitrogens with one attached hydrogen (secondary N) is 1. The standard InChI is InChI=1S/C12H12ClNO4S/c13-7-1-2-9-8(5-7)14-12(17)10(19-9)6-11(16)18-4-3-15/h1-2,5,10,15H,3-4,6H2,(H,14,17)/t10-/m1/s1. The molecule has 0 aromatic heterocycles. The number of fused-ring (bicyclic) bond motifs is 1. The van der Waals surface area contributed by atoms with E-state index < -0.39 is 11.2 Å². The molecule has 0 radical (unpaired) electrons. The molecule has 0 saturated carbocycles. The van der Waals surface area contributed by atoms with Gasteiger partial charge in [0.15, 0.2) is 0 Å². The van der Waals surface area contributed by atoms with Gasteiger partial charge in [0.1, 0.15) is 6.61 Å². The van der Waals surface area contributed by atoms with Crippen molar-refractivity contribution in [3.8, 4) is 0 Å². The summed E-state index contributed by atoms with van der Waals surface area (Å²) in [5, 5.41) is 11.3. The van der Waals surface area contributed by atoms with E-state index in [0.717, 1.165) is 4.90 Å². The van der Waals surface area contributed by atoms with Gasteiger partial charge in [-0.05, 0) is 18.2 Å². The van der Waals surface area contributed by atoms with Crippen LogP contribution in [0, 0.1) is 0 Å². The van der Waals surface area contributed by atoms with E-state index in [2.05, 4.69) is 5.32 Å². The van der Waals surface area contributed by atoms with Crippen LogP contribution < -0.4 is 5.32 Å². The van der Waals surface area contributed by atoms with E-state index in [1.54, 1.807) is 18.2 Å². The van der Waals surface area contributed by atoms with Crippen LogP contribution in [0.5, 0.6) is 0 Å². The summed E-state index contributed by atoms with van der Waals surface area (Å²) < 4.78 is 4.75. The second-order valence-corrected chi connectivity index (χ2v) is 5.57. The highest BCUT2D eigenvalue weighted by molar-refractivity contribution is 8.01. The predicted molar refractivity (Wildman–Crippen MR) is 72.4 cm³/mol. The maximum absolute atomic E-state index is 11.8. The summed E-state index contributed by atoms with van der Waals surface area (Å²) in [6.07, 6.45) is -0.0292. The van der Waals surface area contributed by atoms with Crippen LogP contribution in [-0.2, 0) is 14.3 Å². The van der Waals surface area contributed by atoms with Crippen molar-refractivity contribution in [1.82, 2.24) is 0 Å². The van der Waals surface area contributed by atoms with Crippen LogP contribution in [0.3, 0.4) is 0 Å². The van der Waals surface area contributed by atoms with Crippen LogP contribution >= 0.6 is 23.4 Å². The van der Waals surface area contributed by atoms with Gasteiger partial charge in [-0.2, -0.15) is 0 Å².